The van der Waals surface area contributed by atoms with E-state index in [1.165, 1.54) is 11.3 Å². The summed E-state index contributed by atoms with van der Waals surface area (Å²) in [6.07, 6.45) is 0. The molecule has 2 N–H and O–H groups in total. The van der Waals surface area contributed by atoms with Gasteiger partial charge >= 0.3 is 0 Å². The van der Waals surface area contributed by atoms with Crippen LogP contribution >= 0.6 is 0 Å². The topological polar surface area (TPSA) is 33.8 Å². The van der Waals surface area contributed by atoms with Crippen LogP contribution < -0.4 is 15.5 Å². The first kappa shape index (κ1) is 16.7. The van der Waals surface area contributed by atoms with E-state index in [1.807, 2.05) is 7.05 Å². The van der Waals surface area contributed by atoms with E-state index in [0.29, 0.717) is 6.04 Å². The Morgan fingerprint density at radius 2 is 1.91 bits per heavy atom. The van der Waals surface area contributed by atoms with Crippen molar-refractivity contribution in [1.82, 2.24) is 20.4 Å². The second kappa shape index (κ2) is 8.11. The Hall–Kier alpha value is -1.14. The molecule has 0 aliphatic carbocycles. The highest BCUT2D eigenvalue weighted by molar-refractivity contribution is 5.54. The lowest BCUT2D eigenvalue weighted by atomic mass is 10.1. The van der Waals surface area contributed by atoms with Gasteiger partial charge in [-0.1, -0.05) is 18.2 Å². The molecule has 1 unspecified atom stereocenters. The molecule has 5 heteroatoms. The molecule has 23 heavy (non-hydrogen) atoms. The predicted molar refractivity (Wildman–Crippen MR) is 97.1 cm³/mol. The second-order valence-corrected chi connectivity index (χ2v) is 6.86. The molecule has 1 aromatic carbocycles. The number of anilines is 1. The molecule has 1 aromatic rings. The number of likely N-dealkylation sites (N-methyl/N-ethyl adjacent to an activating group) is 2. The van der Waals surface area contributed by atoms with Gasteiger partial charge in [-0.25, -0.2) is 0 Å². The Morgan fingerprint density at radius 3 is 2.70 bits per heavy atom. The lowest BCUT2D eigenvalue weighted by Crippen LogP contribution is -2.53. The standard InChI is InChI=1S/C18H31N5/c1-19-13-17-15-22(8-7-20-17)14-16-5-3-4-6-18(16)23-11-9-21(2)10-12-23/h3-6,17,19-20H,7-15H2,1-2H3. The average Bonchev–Trinajstić information content (AvgIpc) is 2.57. The first-order valence-electron chi connectivity index (χ1n) is 8.88. The van der Waals surface area contributed by atoms with Crippen LogP contribution in [-0.2, 0) is 6.54 Å². The summed E-state index contributed by atoms with van der Waals surface area (Å²) >= 11 is 0. The van der Waals surface area contributed by atoms with Crippen molar-refractivity contribution in [2.24, 2.45) is 0 Å². The third-order valence-electron chi connectivity index (χ3n) is 5.02. The predicted octanol–water partition coefficient (Wildman–Crippen LogP) is 0.432. The van der Waals surface area contributed by atoms with Crippen LogP contribution in [0.1, 0.15) is 5.56 Å². The largest absolute Gasteiger partial charge is 0.369 e. The maximum Gasteiger partial charge on any atom is 0.0412 e. The molecule has 1 atom stereocenters. The van der Waals surface area contributed by atoms with Gasteiger partial charge in [0.15, 0.2) is 0 Å². The van der Waals surface area contributed by atoms with E-state index in [9.17, 15) is 0 Å². The van der Waals surface area contributed by atoms with Crippen molar-refractivity contribution < 1.29 is 0 Å². The Labute approximate surface area is 140 Å². The fraction of sp³-hybridized carbons (Fsp3) is 0.667. The van der Waals surface area contributed by atoms with Gasteiger partial charge in [0, 0.05) is 70.6 Å². The highest BCUT2D eigenvalue weighted by atomic mass is 15.3. The van der Waals surface area contributed by atoms with Crippen LogP contribution in [0.15, 0.2) is 24.3 Å². The summed E-state index contributed by atoms with van der Waals surface area (Å²) in [7, 11) is 4.25. The van der Waals surface area contributed by atoms with Crippen molar-refractivity contribution in [2.45, 2.75) is 12.6 Å². The quantitative estimate of drug-likeness (QED) is 0.823. The van der Waals surface area contributed by atoms with Crippen LogP contribution in [-0.4, -0.2) is 82.3 Å². The van der Waals surface area contributed by atoms with Crippen LogP contribution in [0.4, 0.5) is 5.69 Å². The molecule has 2 fully saturated rings. The monoisotopic (exact) mass is 317 g/mol. The van der Waals surface area contributed by atoms with E-state index in [4.69, 9.17) is 0 Å². The molecule has 128 valence electrons. The molecular weight excluding hydrogens is 286 g/mol. The van der Waals surface area contributed by atoms with E-state index < -0.39 is 0 Å². The van der Waals surface area contributed by atoms with Gasteiger partial charge < -0.3 is 20.4 Å². The number of hydrogen-bond donors (Lipinski definition) is 2. The summed E-state index contributed by atoms with van der Waals surface area (Å²) in [4.78, 5) is 7.56. The lowest BCUT2D eigenvalue weighted by Gasteiger charge is -2.37. The Bertz CT molecular complexity index is 482. The summed E-state index contributed by atoms with van der Waals surface area (Å²) < 4.78 is 0. The third kappa shape index (κ3) is 4.44. The summed E-state index contributed by atoms with van der Waals surface area (Å²) in [5, 5.41) is 6.89. The van der Waals surface area contributed by atoms with Crippen molar-refractivity contribution >= 4 is 5.69 Å². The van der Waals surface area contributed by atoms with Crippen LogP contribution in [0.2, 0.25) is 0 Å². The summed E-state index contributed by atoms with van der Waals surface area (Å²) in [5.74, 6) is 0. The zero-order valence-electron chi connectivity index (χ0n) is 14.6. The van der Waals surface area contributed by atoms with E-state index in [1.54, 1.807) is 0 Å². The molecule has 2 saturated heterocycles. The first-order chi connectivity index (χ1) is 11.3. The van der Waals surface area contributed by atoms with Crippen molar-refractivity contribution in [3.05, 3.63) is 29.8 Å². The number of nitrogens with one attached hydrogen (secondary N) is 2. The first-order valence-corrected chi connectivity index (χ1v) is 8.88. The molecule has 0 radical (unpaired) electrons. The van der Waals surface area contributed by atoms with E-state index in [0.717, 1.165) is 58.9 Å². The van der Waals surface area contributed by atoms with Gasteiger partial charge in [0.2, 0.25) is 0 Å². The number of hydrogen-bond acceptors (Lipinski definition) is 5. The van der Waals surface area contributed by atoms with Gasteiger partial charge in [0.1, 0.15) is 0 Å². The molecule has 2 heterocycles. The van der Waals surface area contributed by atoms with E-state index in [-0.39, 0.29) is 0 Å². The van der Waals surface area contributed by atoms with E-state index >= 15 is 0 Å². The summed E-state index contributed by atoms with van der Waals surface area (Å²) in [6, 6.07) is 9.53. The fourth-order valence-electron chi connectivity index (χ4n) is 3.66. The number of piperazine rings is 2. The average molecular weight is 317 g/mol. The van der Waals surface area contributed by atoms with Gasteiger partial charge in [-0.05, 0) is 25.7 Å². The lowest BCUT2D eigenvalue weighted by molar-refractivity contribution is 0.191. The minimum Gasteiger partial charge on any atom is -0.369 e. The van der Waals surface area contributed by atoms with Gasteiger partial charge in [0.25, 0.3) is 0 Å². The molecule has 3 rings (SSSR count). The van der Waals surface area contributed by atoms with Crippen LogP contribution in [0.3, 0.4) is 0 Å². The van der Waals surface area contributed by atoms with Gasteiger partial charge in [0.05, 0.1) is 0 Å². The van der Waals surface area contributed by atoms with Crippen molar-refractivity contribution in [3.8, 4) is 0 Å². The zero-order valence-corrected chi connectivity index (χ0v) is 14.6. The molecule has 0 saturated carbocycles. The SMILES string of the molecule is CNCC1CN(Cc2ccccc2N2CCN(C)CC2)CCN1. The number of rotatable bonds is 5. The number of nitrogens with zero attached hydrogens (tertiary/aromatic N) is 3. The molecule has 0 bridgehead atoms. The van der Waals surface area contributed by atoms with E-state index in [2.05, 4.69) is 56.6 Å². The minimum absolute atomic E-state index is 0.560. The molecule has 2 aliphatic heterocycles. The van der Waals surface area contributed by atoms with Crippen molar-refractivity contribution in [3.63, 3.8) is 0 Å². The zero-order chi connectivity index (χ0) is 16.1. The molecule has 2 aliphatic rings. The number of benzene rings is 1. The van der Waals surface area contributed by atoms with Crippen LogP contribution in [0.25, 0.3) is 0 Å². The highest BCUT2D eigenvalue weighted by Gasteiger charge is 2.21. The maximum atomic E-state index is 3.60. The fourth-order valence-corrected chi connectivity index (χ4v) is 3.66. The Morgan fingerprint density at radius 1 is 1.13 bits per heavy atom. The smallest absolute Gasteiger partial charge is 0.0412 e. The van der Waals surface area contributed by atoms with Crippen molar-refractivity contribution in [2.75, 3.05) is 71.4 Å². The molecular formula is C18H31N5. The normalized spacial score (nSPS) is 24.1. The number of para-hydroxylation sites is 1. The molecule has 5 nitrogen and oxygen atoms in total. The molecule has 0 amide bonds. The summed E-state index contributed by atoms with van der Waals surface area (Å²) in [6.45, 7) is 10.0. The molecule has 0 aromatic heterocycles. The minimum atomic E-state index is 0.560. The van der Waals surface area contributed by atoms with Crippen LogP contribution in [0.5, 0.6) is 0 Å². The van der Waals surface area contributed by atoms with Gasteiger partial charge in [-0.15, -0.1) is 0 Å². The summed E-state index contributed by atoms with van der Waals surface area (Å²) in [5.41, 5.74) is 2.91. The Kier molecular flexibility index (Phi) is 5.89. The van der Waals surface area contributed by atoms with Crippen molar-refractivity contribution in [1.29, 1.82) is 0 Å². The maximum absolute atomic E-state index is 3.60. The second-order valence-electron chi connectivity index (χ2n) is 6.86. The Balaban J connectivity index is 1.66. The highest BCUT2D eigenvalue weighted by Crippen LogP contribution is 2.23. The van der Waals surface area contributed by atoms with Gasteiger partial charge in [-0.2, -0.15) is 0 Å². The van der Waals surface area contributed by atoms with Gasteiger partial charge in [-0.3, -0.25) is 4.90 Å². The third-order valence-corrected chi connectivity index (χ3v) is 5.02. The molecule has 0 spiro atoms. The van der Waals surface area contributed by atoms with Crippen LogP contribution in [0, 0.1) is 0 Å².